The molecule has 0 aliphatic rings. The van der Waals surface area contributed by atoms with Crippen LogP contribution in [0, 0.1) is 11.6 Å². The lowest BCUT2D eigenvalue weighted by molar-refractivity contribution is 0.0992. The van der Waals surface area contributed by atoms with Crippen LogP contribution in [0.2, 0.25) is 0 Å². The summed E-state index contributed by atoms with van der Waals surface area (Å²) in [7, 11) is 0. The second-order valence-electron chi connectivity index (χ2n) is 3.97. The Balaban J connectivity index is 2.25. The normalized spacial score (nSPS) is 10.5. The SMILES string of the molecule is O=C(Cc1ccc(F)c(F)c1)c1cc(Br)ccc1Br. The summed E-state index contributed by atoms with van der Waals surface area (Å²) in [6.07, 6.45) is 0.0201. The molecule has 0 fully saturated rings. The topological polar surface area (TPSA) is 17.1 Å². The van der Waals surface area contributed by atoms with E-state index in [9.17, 15) is 13.6 Å². The molecule has 0 unspecified atom stereocenters. The summed E-state index contributed by atoms with van der Waals surface area (Å²) < 4.78 is 27.3. The highest BCUT2D eigenvalue weighted by Crippen LogP contribution is 2.23. The molecule has 2 aromatic rings. The molecule has 2 rings (SSSR count). The van der Waals surface area contributed by atoms with Gasteiger partial charge in [0.05, 0.1) is 0 Å². The maximum absolute atomic E-state index is 13.1. The number of halogens is 4. The lowest BCUT2D eigenvalue weighted by atomic mass is 10.0. The van der Waals surface area contributed by atoms with Gasteiger partial charge in [0.25, 0.3) is 0 Å². The Morgan fingerprint density at radius 3 is 2.42 bits per heavy atom. The third-order valence-electron chi connectivity index (χ3n) is 2.58. The van der Waals surface area contributed by atoms with E-state index in [1.165, 1.54) is 6.07 Å². The van der Waals surface area contributed by atoms with Crippen molar-refractivity contribution in [2.75, 3.05) is 0 Å². The molecule has 2 aromatic carbocycles. The molecule has 0 atom stereocenters. The molecule has 1 nitrogen and oxygen atoms in total. The van der Waals surface area contributed by atoms with E-state index in [1.807, 2.05) is 0 Å². The highest BCUT2D eigenvalue weighted by molar-refractivity contribution is 9.11. The zero-order chi connectivity index (χ0) is 14.0. The van der Waals surface area contributed by atoms with E-state index in [-0.39, 0.29) is 12.2 Å². The summed E-state index contributed by atoms with van der Waals surface area (Å²) in [6.45, 7) is 0. The van der Waals surface area contributed by atoms with E-state index in [1.54, 1.807) is 18.2 Å². The zero-order valence-electron chi connectivity index (χ0n) is 9.59. The van der Waals surface area contributed by atoms with Crippen molar-refractivity contribution in [2.45, 2.75) is 6.42 Å². The Bertz CT molecular complexity index is 641. The lowest BCUT2D eigenvalue weighted by Gasteiger charge is -2.05. The number of carbonyl (C=O) groups excluding carboxylic acids is 1. The number of rotatable bonds is 3. The average molecular weight is 390 g/mol. The second-order valence-corrected chi connectivity index (χ2v) is 5.74. The molecule has 0 aromatic heterocycles. The van der Waals surface area contributed by atoms with E-state index < -0.39 is 11.6 Å². The van der Waals surface area contributed by atoms with Crippen molar-refractivity contribution in [1.82, 2.24) is 0 Å². The van der Waals surface area contributed by atoms with E-state index in [0.717, 1.165) is 16.6 Å². The molecule has 0 aliphatic heterocycles. The molecule has 0 radical (unpaired) electrons. The van der Waals surface area contributed by atoms with Gasteiger partial charge < -0.3 is 0 Å². The highest BCUT2D eigenvalue weighted by Gasteiger charge is 2.12. The largest absolute Gasteiger partial charge is 0.294 e. The molecule has 0 saturated carbocycles. The summed E-state index contributed by atoms with van der Waals surface area (Å²) in [5.41, 5.74) is 0.940. The van der Waals surface area contributed by atoms with Gasteiger partial charge in [-0.15, -0.1) is 0 Å². The molecule has 0 aliphatic carbocycles. The van der Waals surface area contributed by atoms with Crippen LogP contribution >= 0.6 is 31.9 Å². The van der Waals surface area contributed by atoms with Gasteiger partial charge in [0.1, 0.15) is 0 Å². The van der Waals surface area contributed by atoms with Crippen molar-refractivity contribution in [1.29, 1.82) is 0 Å². The maximum Gasteiger partial charge on any atom is 0.168 e. The van der Waals surface area contributed by atoms with Crippen LogP contribution < -0.4 is 0 Å². The Labute approximate surface area is 125 Å². The third-order valence-corrected chi connectivity index (χ3v) is 3.76. The van der Waals surface area contributed by atoms with Crippen LogP contribution in [0.3, 0.4) is 0 Å². The Morgan fingerprint density at radius 1 is 1.00 bits per heavy atom. The summed E-state index contributed by atoms with van der Waals surface area (Å²) in [5, 5.41) is 0. The summed E-state index contributed by atoms with van der Waals surface area (Å²) in [6, 6.07) is 8.71. The number of carbonyl (C=O) groups is 1. The predicted octanol–water partition coefficient (Wildman–Crippen LogP) is 4.92. The minimum Gasteiger partial charge on any atom is -0.294 e. The molecular formula is C14H8Br2F2O. The average Bonchev–Trinajstić information content (AvgIpc) is 2.36. The zero-order valence-corrected chi connectivity index (χ0v) is 12.8. The number of hydrogen-bond acceptors (Lipinski definition) is 1. The molecule has 0 amide bonds. The van der Waals surface area contributed by atoms with Crippen LogP contribution in [0.15, 0.2) is 45.3 Å². The number of benzene rings is 2. The van der Waals surface area contributed by atoms with Crippen LogP contribution in [0.5, 0.6) is 0 Å². The molecule has 0 spiro atoms. The fraction of sp³-hybridized carbons (Fsp3) is 0.0714. The quantitative estimate of drug-likeness (QED) is 0.681. The van der Waals surface area contributed by atoms with Crippen molar-refractivity contribution in [3.8, 4) is 0 Å². The van der Waals surface area contributed by atoms with Gasteiger partial charge in [-0.1, -0.05) is 37.9 Å². The standard InChI is InChI=1S/C14H8Br2F2O/c15-9-2-3-11(16)10(7-9)14(19)6-8-1-4-12(17)13(18)5-8/h1-5,7H,6H2. The smallest absolute Gasteiger partial charge is 0.168 e. The Morgan fingerprint density at radius 2 is 1.74 bits per heavy atom. The molecule has 0 bridgehead atoms. The lowest BCUT2D eigenvalue weighted by Crippen LogP contribution is -2.05. The monoisotopic (exact) mass is 388 g/mol. The first kappa shape index (κ1) is 14.3. The number of ketones is 1. The van der Waals surface area contributed by atoms with E-state index in [0.29, 0.717) is 15.6 Å². The fourth-order valence-electron chi connectivity index (χ4n) is 1.64. The molecule has 19 heavy (non-hydrogen) atoms. The highest BCUT2D eigenvalue weighted by atomic mass is 79.9. The van der Waals surface area contributed by atoms with Gasteiger partial charge in [0, 0.05) is 20.9 Å². The van der Waals surface area contributed by atoms with E-state index in [2.05, 4.69) is 31.9 Å². The van der Waals surface area contributed by atoms with E-state index in [4.69, 9.17) is 0 Å². The molecule has 98 valence electrons. The summed E-state index contributed by atoms with van der Waals surface area (Å²) >= 11 is 6.58. The van der Waals surface area contributed by atoms with Crippen molar-refractivity contribution < 1.29 is 13.6 Å². The first-order chi connectivity index (χ1) is 8.97. The van der Waals surface area contributed by atoms with Gasteiger partial charge >= 0.3 is 0 Å². The molecule has 0 saturated heterocycles. The predicted molar refractivity (Wildman–Crippen MR) is 76.2 cm³/mol. The maximum atomic E-state index is 13.1. The molecule has 5 heteroatoms. The van der Waals surface area contributed by atoms with Crippen LogP contribution in [-0.4, -0.2) is 5.78 Å². The number of hydrogen-bond donors (Lipinski definition) is 0. The van der Waals surface area contributed by atoms with Gasteiger partial charge in [0.15, 0.2) is 17.4 Å². The van der Waals surface area contributed by atoms with E-state index >= 15 is 0 Å². The Hall–Kier alpha value is -1.07. The number of Topliss-reactive ketones (excluding diaryl/α,β-unsaturated/α-hetero) is 1. The first-order valence-corrected chi connectivity index (χ1v) is 6.98. The van der Waals surface area contributed by atoms with Crippen LogP contribution in [0.25, 0.3) is 0 Å². The van der Waals surface area contributed by atoms with Crippen LogP contribution in [0.4, 0.5) is 8.78 Å². The fourth-order valence-corrected chi connectivity index (χ4v) is 2.47. The minimum absolute atomic E-state index is 0.0201. The summed E-state index contributed by atoms with van der Waals surface area (Å²) in [4.78, 5) is 12.1. The van der Waals surface area contributed by atoms with Crippen molar-refractivity contribution in [2.24, 2.45) is 0 Å². The Kier molecular flexibility index (Phi) is 4.47. The minimum atomic E-state index is -0.946. The molecule has 0 heterocycles. The summed E-state index contributed by atoms with van der Waals surface area (Å²) in [5.74, 6) is -2.03. The third kappa shape index (κ3) is 3.48. The van der Waals surface area contributed by atoms with Crippen LogP contribution in [-0.2, 0) is 6.42 Å². The van der Waals surface area contributed by atoms with Crippen molar-refractivity contribution in [3.05, 3.63) is 68.1 Å². The van der Waals surface area contributed by atoms with Gasteiger partial charge in [0.2, 0.25) is 0 Å². The second kappa shape index (κ2) is 5.92. The molecule has 0 N–H and O–H groups in total. The first-order valence-electron chi connectivity index (χ1n) is 5.39. The van der Waals surface area contributed by atoms with Gasteiger partial charge in [-0.3, -0.25) is 4.79 Å². The van der Waals surface area contributed by atoms with Gasteiger partial charge in [-0.25, -0.2) is 8.78 Å². The van der Waals surface area contributed by atoms with Crippen molar-refractivity contribution in [3.63, 3.8) is 0 Å². The van der Waals surface area contributed by atoms with Crippen molar-refractivity contribution >= 4 is 37.6 Å². The molecular weight excluding hydrogens is 382 g/mol. The van der Waals surface area contributed by atoms with Gasteiger partial charge in [-0.2, -0.15) is 0 Å². The van der Waals surface area contributed by atoms with Gasteiger partial charge in [-0.05, 0) is 35.9 Å². The van der Waals surface area contributed by atoms with Crippen LogP contribution in [0.1, 0.15) is 15.9 Å².